The molecule has 0 aliphatic rings. The Bertz CT molecular complexity index is 645. The Morgan fingerprint density at radius 1 is 1.29 bits per heavy atom. The molecule has 21 heavy (non-hydrogen) atoms. The van der Waals surface area contributed by atoms with Crippen molar-refractivity contribution in [2.45, 2.75) is 33.2 Å². The highest BCUT2D eigenvalue weighted by Crippen LogP contribution is 2.12. The molecule has 6 heteroatoms. The van der Waals surface area contributed by atoms with Crippen LogP contribution in [0.5, 0.6) is 0 Å². The van der Waals surface area contributed by atoms with E-state index in [9.17, 15) is 4.79 Å². The largest absolute Gasteiger partial charge is 0.346 e. The number of aryl methyl sites for hydroxylation is 2. The van der Waals surface area contributed by atoms with Gasteiger partial charge in [-0.05, 0) is 31.5 Å². The van der Waals surface area contributed by atoms with Crippen molar-refractivity contribution in [1.82, 2.24) is 20.3 Å². The van der Waals surface area contributed by atoms with E-state index in [2.05, 4.69) is 27.2 Å². The van der Waals surface area contributed by atoms with Crippen LogP contribution in [0.3, 0.4) is 0 Å². The standard InChI is InChI=1S/C15H17ClN4O/c1-3-4-12-7-11(8-14(16)20-12)15(21)18-9-13-5-6-17-10(2)19-13/h5-8H,3-4,9H2,1-2H3,(H,18,21). The number of pyridine rings is 1. The second kappa shape index (κ2) is 7.13. The van der Waals surface area contributed by atoms with E-state index in [0.717, 1.165) is 24.2 Å². The van der Waals surface area contributed by atoms with E-state index in [1.54, 1.807) is 24.4 Å². The maximum Gasteiger partial charge on any atom is 0.251 e. The van der Waals surface area contributed by atoms with Crippen molar-refractivity contribution in [1.29, 1.82) is 0 Å². The molecule has 0 aliphatic carbocycles. The summed E-state index contributed by atoms with van der Waals surface area (Å²) >= 11 is 5.96. The van der Waals surface area contributed by atoms with Crippen LogP contribution in [0.2, 0.25) is 5.15 Å². The SMILES string of the molecule is CCCc1cc(C(=O)NCc2ccnc(C)n2)cc(Cl)n1. The second-order valence-corrected chi connectivity index (χ2v) is 5.08. The predicted molar refractivity (Wildman–Crippen MR) is 81.2 cm³/mol. The fraction of sp³-hybridized carbons (Fsp3) is 0.333. The van der Waals surface area contributed by atoms with Gasteiger partial charge < -0.3 is 5.32 Å². The lowest BCUT2D eigenvalue weighted by molar-refractivity contribution is 0.0950. The second-order valence-electron chi connectivity index (χ2n) is 4.70. The third-order valence-electron chi connectivity index (χ3n) is 2.88. The third-order valence-corrected chi connectivity index (χ3v) is 3.07. The van der Waals surface area contributed by atoms with Gasteiger partial charge in [-0.15, -0.1) is 0 Å². The van der Waals surface area contributed by atoms with Gasteiger partial charge >= 0.3 is 0 Å². The molecule has 0 unspecified atom stereocenters. The fourth-order valence-electron chi connectivity index (χ4n) is 1.94. The fourth-order valence-corrected chi connectivity index (χ4v) is 2.17. The molecule has 2 aromatic heterocycles. The number of carbonyl (C=O) groups is 1. The van der Waals surface area contributed by atoms with Crippen LogP contribution in [-0.4, -0.2) is 20.9 Å². The molecule has 0 saturated heterocycles. The number of hydrogen-bond acceptors (Lipinski definition) is 4. The monoisotopic (exact) mass is 304 g/mol. The Labute approximate surface area is 128 Å². The van der Waals surface area contributed by atoms with Gasteiger partial charge in [0.25, 0.3) is 5.91 Å². The normalized spacial score (nSPS) is 10.4. The average molecular weight is 305 g/mol. The van der Waals surface area contributed by atoms with E-state index >= 15 is 0 Å². The first-order valence-electron chi connectivity index (χ1n) is 6.81. The molecular weight excluding hydrogens is 288 g/mol. The predicted octanol–water partition coefficient (Wildman–Crippen LogP) is 2.72. The summed E-state index contributed by atoms with van der Waals surface area (Å²) in [4.78, 5) is 24.6. The van der Waals surface area contributed by atoms with E-state index in [-0.39, 0.29) is 5.91 Å². The molecule has 2 aromatic rings. The van der Waals surface area contributed by atoms with Crippen molar-refractivity contribution in [3.63, 3.8) is 0 Å². The number of hydrogen-bond donors (Lipinski definition) is 1. The molecule has 0 aromatic carbocycles. The molecular formula is C15H17ClN4O. The molecule has 0 bridgehead atoms. The molecule has 2 rings (SSSR count). The zero-order valence-corrected chi connectivity index (χ0v) is 12.8. The Morgan fingerprint density at radius 3 is 2.81 bits per heavy atom. The van der Waals surface area contributed by atoms with E-state index in [4.69, 9.17) is 11.6 Å². The van der Waals surface area contributed by atoms with E-state index in [1.165, 1.54) is 0 Å². The van der Waals surface area contributed by atoms with Crippen LogP contribution in [0.25, 0.3) is 0 Å². The summed E-state index contributed by atoms with van der Waals surface area (Å²) in [6.07, 6.45) is 3.42. The molecule has 5 nitrogen and oxygen atoms in total. The molecule has 2 heterocycles. The van der Waals surface area contributed by atoms with Crippen molar-refractivity contribution < 1.29 is 4.79 Å². The van der Waals surface area contributed by atoms with Crippen LogP contribution >= 0.6 is 11.6 Å². The van der Waals surface area contributed by atoms with Gasteiger partial charge in [-0.3, -0.25) is 4.79 Å². The number of nitrogens with one attached hydrogen (secondary N) is 1. The Balaban J connectivity index is 2.06. The van der Waals surface area contributed by atoms with Crippen molar-refractivity contribution in [2.24, 2.45) is 0 Å². The summed E-state index contributed by atoms with van der Waals surface area (Å²) in [5.41, 5.74) is 2.11. The van der Waals surface area contributed by atoms with Gasteiger partial charge in [-0.25, -0.2) is 15.0 Å². The molecule has 110 valence electrons. The van der Waals surface area contributed by atoms with E-state index < -0.39 is 0 Å². The maximum atomic E-state index is 12.2. The Kier molecular flexibility index (Phi) is 5.22. The highest BCUT2D eigenvalue weighted by molar-refractivity contribution is 6.29. The molecule has 0 spiro atoms. The molecule has 0 saturated carbocycles. The summed E-state index contributed by atoms with van der Waals surface area (Å²) in [6.45, 7) is 4.22. The number of carbonyl (C=O) groups excluding carboxylic acids is 1. The van der Waals surface area contributed by atoms with Gasteiger partial charge in [0.2, 0.25) is 0 Å². The molecule has 1 amide bonds. The summed E-state index contributed by atoms with van der Waals surface area (Å²) < 4.78 is 0. The molecule has 0 fully saturated rings. The quantitative estimate of drug-likeness (QED) is 0.862. The molecule has 0 radical (unpaired) electrons. The number of rotatable bonds is 5. The van der Waals surface area contributed by atoms with Crippen LogP contribution in [0, 0.1) is 6.92 Å². The van der Waals surface area contributed by atoms with Gasteiger partial charge in [-0.2, -0.15) is 0 Å². The minimum Gasteiger partial charge on any atom is -0.346 e. The van der Waals surface area contributed by atoms with Crippen LogP contribution in [0.15, 0.2) is 24.4 Å². The maximum absolute atomic E-state index is 12.2. The van der Waals surface area contributed by atoms with Crippen molar-refractivity contribution in [3.05, 3.63) is 52.3 Å². The first-order valence-corrected chi connectivity index (χ1v) is 7.19. The number of aromatic nitrogens is 3. The van der Waals surface area contributed by atoms with Gasteiger partial charge in [-0.1, -0.05) is 24.9 Å². The minimum atomic E-state index is -0.187. The Hall–Kier alpha value is -2.01. The summed E-state index contributed by atoms with van der Waals surface area (Å²) in [5.74, 6) is 0.492. The molecule has 1 N–H and O–H groups in total. The van der Waals surface area contributed by atoms with E-state index in [0.29, 0.717) is 23.1 Å². The highest BCUT2D eigenvalue weighted by Gasteiger charge is 2.09. The third kappa shape index (κ3) is 4.49. The summed E-state index contributed by atoms with van der Waals surface area (Å²) in [6, 6.07) is 5.12. The lowest BCUT2D eigenvalue weighted by atomic mass is 10.1. The van der Waals surface area contributed by atoms with Crippen LogP contribution in [-0.2, 0) is 13.0 Å². The number of nitrogens with zero attached hydrogens (tertiary/aromatic N) is 3. The van der Waals surface area contributed by atoms with Crippen molar-refractivity contribution >= 4 is 17.5 Å². The van der Waals surface area contributed by atoms with Gasteiger partial charge in [0.15, 0.2) is 0 Å². The number of amides is 1. The number of halogens is 1. The van der Waals surface area contributed by atoms with E-state index in [1.807, 2.05) is 6.92 Å². The van der Waals surface area contributed by atoms with Crippen molar-refractivity contribution in [3.8, 4) is 0 Å². The first-order chi connectivity index (χ1) is 10.1. The highest BCUT2D eigenvalue weighted by atomic mass is 35.5. The van der Waals surface area contributed by atoms with Crippen LogP contribution in [0.4, 0.5) is 0 Å². The smallest absolute Gasteiger partial charge is 0.251 e. The first kappa shape index (κ1) is 15.4. The van der Waals surface area contributed by atoms with Crippen LogP contribution < -0.4 is 5.32 Å². The minimum absolute atomic E-state index is 0.187. The topological polar surface area (TPSA) is 67.8 Å². The summed E-state index contributed by atoms with van der Waals surface area (Å²) in [5, 5.41) is 3.16. The zero-order chi connectivity index (χ0) is 15.2. The van der Waals surface area contributed by atoms with Crippen LogP contribution in [0.1, 0.15) is 40.9 Å². The molecule has 0 aliphatic heterocycles. The van der Waals surface area contributed by atoms with Gasteiger partial charge in [0, 0.05) is 17.5 Å². The zero-order valence-electron chi connectivity index (χ0n) is 12.1. The average Bonchev–Trinajstić information content (AvgIpc) is 2.44. The summed E-state index contributed by atoms with van der Waals surface area (Å²) in [7, 11) is 0. The Morgan fingerprint density at radius 2 is 2.10 bits per heavy atom. The van der Waals surface area contributed by atoms with Crippen molar-refractivity contribution in [2.75, 3.05) is 0 Å². The van der Waals surface area contributed by atoms with Gasteiger partial charge in [0.1, 0.15) is 11.0 Å². The lowest BCUT2D eigenvalue weighted by Gasteiger charge is -2.07. The van der Waals surface area contributed by atoms with Gasteiger partial charge in [0.05, 0.1) is 12.2 Å². The lowest BCUT2D eigenvalue weighted by Crippen LogP contribution is -2.23. The molecule has 0 atom stereocenters.